The third-order valence-corrected chi connectivity index (χ3v) is 13.0. The first-order chi connectivity index (χ1) is 30.7. The molecule has 0 spiro atoms. The first kappa shape index (κ1) is 61.4. The van der Waals surface area contributed by atoms with Crippen LogP contribution in [0.1, 0.15) is 317 Å². The Labute approximate surface area is 393 Å². The summed E-state index contributed by atoms with van der Waals surface area (Å²) in [6, 6.07) is 0. The predicted octanol–water partition coefficient (Wildman–Crippen LogP) is 18.5. The normalized spacial score (nSPS) is 12.0. The molecule has 1 atom stereocenters. The summed E-state index contributed by atoms with van der Waals surface area (Å²) in [5.74, 6) is 0.830. The van der Waals surface area contributed by atoms with Gasteiger partial charge < -0.3 is 14.2 Å². The van der Waals surface area contributed by atoms with E-state index in [1.165, 1.54) is 205 Å². The highest BCUT2D eigenvalue weighted by Gasteiger charge is 2.19. The second-order valence-corrected chi connectivity index (χ2v) is 20.5. The average Bonchev–Trinajstić information content (AvgIpc) is 3.25. The van der Waals surface area contributed by atoms with Crippen LogP contribution in [0.4, 0.5) is 0 Å². The molecule has 0 heterocycles. The van der Waals surface area contributed by atoms with E-state index < -0.39 is 6.10 Å². The second-order valence-electron chi connectivity index (χ2n) is 20.5. The molecule has 0 aliphatic carbocycles. The quantitative estimate of drug-likeness (QED) is 0.0344. The second kappa shape index (κ2) is 49.8. The molecule has 0 fully saturated rings. The maximum atomic E-state index is 12.8. The summed E-state index contributed by atoms with van der Waals surface area (Å²) in [5, 5.41) is 0. The largest absolute Gasteiger partial charge is 0.462 e. The molecule has 0 bridgehead atoms. The van der Waals surface area contributed by atoms with Crippen LogP contribution in [0.25, 0.3) is 0 Å². The van der Waals surface area contributed by atoms with Crippen LogP contribution < -0.4 is 0 Å². The predicted molar refractivity (Wildman–Crippen MR) is 270 cm³/mol. The Balaban J connectivity index is 4.31. The van der Waals surface area contributed by atoms with Gasteiger partial charge in [0.15, 0.2) is 6.10 Å². The van der Waals surface area contributed by atoms with Crippen LogP contribution in [0.15, 0.2) is 0 Å². The molecular formula is C57H110O6. The zero-order valence-corrected chi connectivity index (χ0v) is 43.2. The van der Waals surface area contributed by atoms with E-state index in [9.17, 15) is 14.4 Å². The molecule has 6 nitrogen and oxygen atoms in total. The summed E-state index contributed by atoms with van der Waals surface area (Å²) < 4.78 is 16.9. The fraction of sp³-hybridized carbons (Fsp3) is 0.947. The Kier molecular flexibility index (Phi) is 48.6. The van der Waals surface area contributed by atoms with Crippen LogP contribution in [0.2, 0.25) is 0 Å². The van der Waals surface area contributed by atoms with Gasteiger partial charge in [-0.25, -0.2) is 0 Å². The maximum absolute atomic E-state index is 12.8. The highest BCUT2D eigenvalue weighted by Crippen LogP contribution is 2.18. The van der Waals surface area contributed by atoms with Crippen molar-refractivity contribution in [2.75, 3.05) is 13.2 Å². The zero-order valence-electron chi connectivity index (χ0n) is 43.2. The number of hydrogen-bond acceptors (Lipinski definition) is 6. The van der Waals surface area contributed by atoms with Gasteiger partial charge in [0.1, 0.15) is 13.2 Å². The highest BCUT2D eigenvalue weighted by atomic mass is 16.6. The molecule has 0 aliphatic heterocycles. The Hall–Kier alpha value is -1.59. The summed E-state index contributed by atoms with van der Waals surface area (Å²) >= 11 is 0. The fourth-order valence-corrected chi connectivity index (χ4v) is 8.70. The van der Waals surface area contributed by atoms with Gasteiger partial charge in [-0.2, -0.15) is 0 Å². The van der Waals surface area contributed by atoms with E-state index in [0.717, 1.165) is 69.6 Å². The Bertz CT molecular complexity index is 962. The van der Waals surface area contributed by atoms with Gasteiger partial charge in [-0.05, 0) is 31.1 Å². The molecular weight excluding hydrogens is 781 g/mol. The van der Waals surface area contributed by atoms with Crippen molar-refractivity contribution in [1.29, 1.82) is 0 Å². The smallest absolute Gasteiger partial charge is 0.306 e. The standard InChI is InChI=1S/C57H110O6/c1-6-7-8-9-10-11-12-13-17-22-27-32-37-42-47-55(58)61-50-54(51-62-56(59)48-43-38-33-28-24-19-21-26-31-36-41-46-53(4)5)63-57(60)49-44-39-34-29-23-18-15-14-16-20-25-30-35-40-45-52(2)3/h52-54H,6-51H2,1-5H3/t54-/m0/s1. The molecule has 0 aromatic rings. The molecule has 0 N–H and O–H groups in total. The van der Waals surface area contributed by atoms with E-state index in [-0.39, 0.29) is 31.1 Å². The topological polar surface area (TPSA) is 78.9 Å². The lowest BCUT2D eigenvalue weighted by Gasteiger charge is -2.18. The van der Waals surface area contributed by atoms with Crippen molar-refractivity contribution in [2.45, 2.75) is 323 Å². The lowest BCUT2D eigenvalue weighted by Crippen LogP contribution is -2.30. The molecule has 63 heavy (non-hydrogen) atoms. The van der Waals surface area contributed by atoms with Crippen molar-refractivity contribution in [2.24, 2.45) is 11.8 Å². The van der Waals surface area contributed by atoms with Crippen LogP contribution in [0.3, 0.4) is 0 Å². The molecule has 0 saturated carbocycles. The van der Waals surface area contributed by atoms with E-state index in [0.29, 0.717) is 19.3 Å². The molecule has 0 amide bonds. The Morgan fingerprint density at radius 3 is 0.778 bits per heavy atom. The lowest BCUT2D eigenvalue weighted by molar-refractivity contribution is -0.167. The van der Waals surface area contributed by atoms with Gasteiger partial charge in [-0.15, -0.1) is 0 Å². The van der Waals surface area contributed by atoms with Gasteiger partial charge >= 0.3 is 17.9 Å². The number of esters is 3. The maximum Gasteiger partial charge on any atom is 0.306 e. The minimum Gasteiger partial charge on any atom is -0.462 e. The number of carbonyl (C=O) groups excluding carboxylic acids is 3. The van der Waals surface area contributed by atoms with Gasteiger partial charge in [0.25, 0.3) is 0 Å². The molecule has 0 aliphatic rings. The molecule has 6 heteroatoms. The van der Waals surface area contributed by atoms with Crippen molar-refractivity contribution in [3.63, 3.8) is 0 Å². The molecule has 0 aromatic carbocycles. The van der Waals surface area contributed by atoms with Gasteiger partial charge in [0.2, 0.25) is 0 Å². The summed E-state index contributed by atoms with van der Waals surface area (Å²) in [6.45, 7) is 11.4. The monoisotopic (exact) mass is 891 g/mol. The van der Waals surface area contributed by atoms with E-state index >= 15 is 0 Å². The molecule has 374 valence electrons. The van der Waals surface area contributed by atoms with E-state index in [2.05, 4.69) is 34.6 Å². The summed E-state index contributed by atoms with van der Waals surface area (Å²) in [4.78, 5) is 38.1. The summed E-state index contributed by atoms with van der Waals surface area (Å²) in [5.41, 5.74) is 0. The van der Waals surface area contributed by atoms with E-state index in [1.54, 1.807) is 0 Å². The van der Waals surface area contributed by atoms with Crippen LogP contribution in [0, 0.1) is 11.8 Å². The molecule has 0 radical (unpaired) electrons. The SMILES string of the molecule is CCCCCCCCCCCCCCCCC(=O)OC[C@@H](COC(=O)CCCCCCCCCCCCCC(C)C)OC(=O)CCCCCCCCCCCCCCCCC(C)C. The van der Waals surface area contributed by atoms with E-state index in [1.807, 2.05) is 0 Å². The lowest BCUT2D eigenvalue weighted by atomic mass is 10.0. The minimum absolute atomic E-state index is 0.0628. The number of rotatable bonds is 51. The minimum atomic E-state index is -0.762. The van der Waals surface area contributed by atoms with Crippen molar-refractivity contribution in [3.8, 4) is 0 Å². The van der Waals surface area contributed by atoms with Crippen LogP contribution in [-0.2, 0) is 28.6 Å². The van der Waals surface area contributed by atoms with E-state index in [4.69, 9.17) is 14.2 Å². The number of unbranched alkanes of at least 4 members (excludes halogenated alkanes) is 36. The first-order valence-electron chi connectivity index (χ1n) is 28.2. The van der Waals surface area contributed by atoms with Crippen molar-refractivity contribution in [3.05, 3.63) is 0 Å². The highest BCUT2D eigenvalue weighted by molar-refractivity contribution is 5.71. The van der Waals surface area contributed by atoms with Gasteiger partial charge in [0, 0.05) is 19.3 Å². The van der Waals surface area contributed by atoms with Crippen molar-refractivity contribution < 1.29 is 28.6 Å². The van der Waals surface area contributed by atoms with Gasteiger partial charge in [-0.3, -0.25) is 14.4 Å². The van der Waals surface area contributed by atoms with Crippen LogP contribution >= 0.6 is 0 Å². The molecule has 0 rings (SSSR count). The van der Waals surface area contributed by atoms with Crippen molar-refractivity contribution in [1.82, 2.24) is 0 Å². The molecule has 0 unspecified atom stereocenters. The van der Waals surface area contributed by atoms with Gasteiger partial charge in [-0.1, -0.05) is 279 Å². The summed E-state index contributed by atoms with van der Waals surface area (Å²) in [7, 11) is 0. The van der Waals surface area contributed by atoms with Crippen LogP contribution in [0.5, 0.6) is 0 Å². The molecule has 0 aromatic heterocycles. The third kappa shape index (κ3) is 51.3. The molecule has 0 saturated heterocycles. The number of hydrogen-bond donors (Lipinski definition) is 0. The van der Waals surface area contributed by atoms with Crippen molar-refractivity contribution >= 4 is 17.9 Å². The van der Waals surface area contributed by atoms with Crippen LogP contribution in [-0.4, -0.2) is 37.2 Å². The zero-order chi connectivity index (χ0) is 46.1. The number of carbonyl (C=O) groups is 3. The number of ether oxygens (including phenoxy) is 3. The Morgan fingerprint density at radius 2 is 0.524 bits per heavy atom. The van der Waals surface area contributed by atoms with Gasteiger partial charge in [0.05, 0.1) is 0 Å². The fourth-order valence-electron chi connectivity index (χ4n) is 8.70. The third-order valence-electron chi connectivity index (χ3n) is 13.0. The first-order valence-corrected chi connectivity index (χ1v) is 28.2. The average molecular weight is 892 g/mol. The summed E-state index contributed by atoms with van der Waals surface area (Å²) in [6.07, 6.45) is 52.3. The Morgan fingerprint density at radius 1 is 0.302 bits per heavy atom.